The number of nitrogens with zero attached hydrogens (tertiary/aromatic N) is 1. The molecule has 1 aliphatic rings. The molecule has 1 saturated heterocycles. The van der Waals surface area contributed by atoms with Crippen LogP contribution < -0.4 is 10.1 Å². The molecule has 0 bridgehead atoms. The smallest absolute Gasteiger partial charge is 0.252 e. The highest BCUT2D eigenvalue weighted by Gasteiger charge is 2.24. The number of methoxy groups -OCH3 is 1. The van der Waals surface area contributed by atoms with Gasteiger partial charge >= 0.3 is 0 Å². The van der Waals surface area contributed by atoms with Crippen molar-refractivity contribution in [3.8, 4) is 5.75 Å². The summed E-state index contributed by atoms with van der Waals surface area (Å²) < 4.78 is 5.35. The molecule has 0 saturated carbocycles. The quantitative estimate of drug-likeness (QED) is 0.782. The van der Waals surface area contributed by atoms with E-state index >= 15 is 0 Å². The molecule has 6 heteroatoms. The van der Waals surface area contributed by atoms with Gasteiger partial charge in [-0.1, -0.05) is 35.3 Å². The topological polar surface area (TPSA) is 41.6 Å². The van der Waals surface area contributed by atoms with Gasteiger partial charge < -0.3 is 10.1 Å². The lowest BCUT2D eigenvalue weighted by Crippen LogP contribution is -2.36. The van der Waals surface area contributed by atoms with Crippen molar-refractivity contribution in [2.24, 2.45) is 0 Å². The number of benzene rings is 2. The fraction of sp³-hybridized carbons (Fsp3) is 0.350. The molecule has 1 unspecified atom stereocenters. The van der Waals surface area contributed by atoms with Crippen molar-refractivity contribution in [2.45, 2.75) is 18.9 Å². The fourth-order valence-corrected chi connectivity index (χ4v) is 3.69. The first-order chi connectivity index (χ1) is 12.6. The Morgan fingerprint density at radius 3 is 2.69 bits per heavy atom. The number of carbonyl (C=O) groups excluding carboxylic acids is 1. The molecule has 0 radical (unpaired) electrons. The van der Waals surface area contributed by atoms with Crippen molar-refractivity contribution in [1.82, 2.24) is 10.2 Å². The molecule has 1 amide bonds. The van der Waals surface area contributed by atoms with E-state index in [9.17, 15) is 4.79 Å². The highest BCUT2D eigenvalue weighted by molar-refractivity contribution is 6.35. The van der Waals surface area contributed by atoms with Crippen LogP contribution in [0.2, 0.25) is 10.0 Å². The van der Waals surface area contributed by atoms with Gasteiger partial charge in [-0.25, -0.2) is 0 Å². The van der Waals surface area contributed by atoms with E-state index in [4.69, 9.17) is 27.9 Å². The van der Waals surface area contributed by atoms with Crippen LogP contribution in [0.15, 0.2) is 42.5 Å². The summed E-state index contributed by atoms with van der Waals surface area (Å²) in [6.45, 7) is 2.54. The van der Waals surface area contributed by atoms with E-state index in [2.05, 4.69) is 16.3 Å². The third kappa shape index (κ3) is 4.50. The molecule has 0 aliphatic carbocycles. The van der Waals surface area contributed by atoms with E-state index in [0.717, 1.165) is 24.4 Å². The van der Waals surface area contributed by atoms with Gasteiger partial charge in [-0.05, 0) is 61.8 Å². The second kappa shape index (κ2) is 8.76. The maximum absolute atomic E-state index is 12.6. The first-order valence-corrected chi connectivity index (χ1v) is 9.45. The molecular weight excluding hydrogens is 371 g/mol. The van der Waals surface area contributed by atoms with Gasteiger partial charge in [0.15, 0.2) is 0 Å². The average Bonchev–Trinajstić information content (AvgIpc) is 3.18. The number of nitrogens with one attached hydrogen (secondary N) is 1. The average molecular weight is 393 g/mol. The zero-order valence-corrected chi connectivity index (χ0v) is 16.2. The molecule has 26 heavy (non-hydrogen) atoms. The molecule has 2 aromatic rings. The lowest BCUT2D eigenvalue weighted by molar-refractivity contribution is 0.0938. The van der Waals surface area contributed by atoms with Crippen LogP contribution >= 0.6 is 23.2 Å². The molecule has 1 atom stereocenters. The van der Waals surface area contributed by atoms with Crippen molar-refractivity contribution < 1.29 is 9.53 Å². The summed E-state index contributed by atoms with van der Waals surface area (Å²) in [6, 6.07) is 13.0. The van der Waals surface area contributed by atoms with Crippen molar-refractivity contribution in [2.75, 3.05) is 26.7 Å². The molecule has 4 nitrogen and oxygen atoms in total. The molecule has 1 aliphatic heterocycles. The summed E-state index contributed by atoms with van der Waals surface area (Å²) in [7, 11) is 1.66. The predicted molar refractivity (Wildman–Crippen MR) is 105 cm³/mol. The van der Waals surface area contributed by atoms with E-state index in [-0.39, 0.29) is 11.9 Å². The number of carbonyl (C=O) groups is 1. The molecule has 3 rings (SSSR count). The maximum atomic E-state index is 12.6. The van der Waals surface area contributed by atoms with Gasteiger partial charge in [0.05, 0.1) is 23.7 Å². The number of halogens is 2. The first-order valence-electron chi connectivity index (χ1n) is 8.69. The standard InChI is InChI=1S/C20H22Cl2N2O2/c1-26-16-6-4-5-14(11-16)19(24-9-2-3-10-24)13-23-20(25)17-12-15(21)7-8-18(17)22/h4-8,11-12,19H,2-3,9-10,13H2,1H3,(H,23,25). The van der Waals surface area contributed by atoms with Crippen molar-refractivity contribution in [1.29, 1.82) is 0 Å². The van der Waals surface area contributed by atoms with Crippen LogP contribution in [0.25, 0.3) is 0 Å². The summed E-state index contributed by atoms with van der Waals surface area (Å²) in [5, 5.41) is 3.90. The number of hydrogen-bond donors (Lipinski definition) is 1. The third-order valence-corrected chi connectivity index (χ3v) is 5.25. The summed E-state index contributed by atoms with van der Waals surface area (Å²) in [4.78, 5) is 15.0. The van der Waals surface area contributed by atoms with Gasteiger partial charge in [0.1, 0.15) is 5.75 Å². The minimum atomic E-state index is -0.218. The number of rotatable bonds is 6. The second-order valence-electron chi connectivity index (χ2n) is 6.37. The predicted octanol–water partition coefficient (Wildman–Crippen LogP) is 4.57. The summed E-state index contributed by atoms with van der Waals surface area (Å²) in [5.74, 6) is 0.598. The highest BCUT2D eigenvalue weighted by atomic mass is 35.5. The monoisotopic (exact) mass is 392 g/mol. The Balaban J connectivity index is 1.77. The minimum Gasteiger partial charge on any atom is -0.497 e. The molecule has 1 heterocycles. The number of ether oxygens (including phenoxy) is 1. The molecular formula is C20H22Cl2N2O2. The SMILES string of the molecule is COc1cccc(C(CNC(=O)c2cc(Cl)ccc2Cl)N2CCCC2)c1. The Kier molecular flexibility index (Phi) is 6.41. The van der Waals surface area contributed by atoms with Gasteiger partial charge in [-0.3, -0.25) is 9.69 Å². The van der Waals surface area contributed by atoms with Gasteiger partial charge in [0.2, 0.25) is 0 Å². The van der Waals surface area contributed by atoms with E-state index in [1.165, 1.54) is 12.8 Å². The van der Waals surface area contributed by atoms with Crippen LogP contribution in [0.5, 0.6) is 5.75 Å². The summed E-state index contributed by atoms with van der Waals surface area (Å²) >= 11 is 12.1. The van der Waals surface area contributed by atoms with Crippen molar-refractivity contribution in [3.05, 3.63) is 63.6 Å². The largest absolute Gasteiger partial charge is 0.497 e. The van der Waals surface area contributed by atoms with Gasteiger partial charge in [0, 0.05) is 11.6 Å². The Bertz CT molecular complexity index is 776. The third-order valence-electron chi connectivity index (χ3n) is 4.69. The Hall–Kier alpha value is -1.75. The Morgan fingerprint density at radius 2 is 1.96 bits per heavy atom. The normalized spacial score (nSPS) is 15.7. The lowest BCUT2D eigenvalue weighted by atomic mass is 10.0. The first kappa shape index (κ1) is 19.0. The van der Waals surface area contributed by atoms with Crippen LogP contribution in [0, 0.1) is 0 Å². The van der Waals surface area contributed by atoms with Gasteiger partial charge in [-0.15, -0.1) is 0 Å². The van der Waals surface area contributed by atoms with Gasteiger partial charge in [0.25, 0.3) is 5.91 Å². The molecule has 2 aromatic carbocycles. The molecule has 0 aromatic heterocycles. The number of hydrogen-bond acceptors (Lipinski definition) is 3. The lowest BCUT2D eigenvalue weighted by Gasteiger charge is -2.28. The highest BCUT2D eigenvalue weighted by Crippen LogP contribution is 2.27. The van der Waals surface area contributed by atoms with E-state index in [0.29, 0.717) is 22.2 Å². The minimum absolute atomic E-state index is 0.0921. The summed E-state index contributed by atoms with van der Waals surface area (Å²) in [5.41, 5.74) is 1.52. The molecule has 1 N–H and O–H groups in total. The number of amides is 1. The van der Waals surface area contributed by atoms with E-state index in [1.54, 1.807) is 25.3 Å². The van der Waals surface area contributed by atoms with Crippen molar-refractivity contribution >= 4 is 29.1 Å². The molecule has 1 fully saturated rings. The Labute approximate surface area is 164 Å². The van der Waals surface area contributed by atoms with Crippen LogP contribution in [0.4, 0.5) is 0 Å². The number of likely N-dealkylation sites (tertiary alicyclic amines) is 1. The Morgan fingerprint density at radius 1 is 1.19 bits per heavy atom. The molecule has 138 valence electrons. The maximum Gasteiger partial charge on any atom is 0.252 e. The van der Waals surface area contributed by atoms with Crippen LogP contribution in [-0.2, 0) is 0 Å². The molecule has 0 spiro atoms. The van der Waals surface area contributed by atoms with Crippen LogP contribution in [-0.4, -0.2) is 37.6 Å². The second-order valence-corrected chi connectivity index (χ2v) is 7.21. The van der Waals surface area contributed by atoms with Crippen LogP contribution in [0.1, 0.15) is 34.8 Å². The fourth-order valence-electron chi connectivity index (χ4n) is 3.32. The van der Waals surface area contributed by atoms with E-state index in [1.807, 2.05) is 18.2 Å². The van der Waals surface area contributed by atoms with Gasteiger partial charge in [-0.2, -0.15) is 0 Å². The van der Waals surface area contributed by atoms with E-state index < -0.39 is 0 Å². The van der Waals surface area contributed by atoms with Crippen LogP contribution in [0.3, 0.4) is 0 Å². The van der Waals surface area contributed by atoms with Crippen molar-refractivity contribution in [3.63, 3.8) is 0 Å². The zero-order valence-electron chi connectivity index (χ0n) is 14.7. The summed E-state index contributed by atoms with van der Waals surface area (Å²) in [6.07, 6.45) is 2.35. The zero-order chi connectivity index (χ0) is 18.5.